The van der Waals surface area contributed by atoms with E-state index in [1.165, 1.54) is 4.90 Å². The van der Waals surface area contributed by atoms with Crippen LogP contribution >= 0.6 is 0 Å². The quantitative estimate of drug-likeness (QED) is 0.615. The van der Waals surface area contributed by atoms with E-state index in [4.69, 9.17) is 5.11 Å². The molecule has 0 radical (unpaired) electrons. The fourth-order valence-corrected chi connectivity index (χ4v) is 1.47. The van der Waals surface area contributed by atoms with Crippen molar-refractivity contribution >= 4 is 17.9 Å². The van der Waals surface area contributed by atoms with E-state index in [-0.39, 0.29) is 37.5 Å². The van der Waals surface area contributed by atoms with E-state index in [9.17, 15) is 14.4 Å². The summed E-state index contributed by atoms with van der Waals surface area (Å²) in [6.07, 6.45) is 1.02. The summed E-state index contributed by atoms with van der Waals surface area (Å²) >= 11 is 0. The Morgan fingerprint density at radius 1 is 1.20 bits per heavy atom. The van der Waals surface area contributed by atoms with Gasteiger partial charge in [0.25, 0.3) is 0 Å². The summed E-state index contributed by atoms with van der Waals surface area (Å²) in [7, 11) is 0. The van der Waals surface area contributed by atoms with Crippen LogP contribution in [0.25, 0.3) is 0 Å². The van der Waals surface area contributed by atoms with Gasteiger partial charge in [0, 0.05) is 25.0 Å². The van der Waals surface area contributed by atoms with Crippen molar-refractivity contribution in [3.8, 4) is 0 Å². The summed E-state index contributed by atoms with van der Waals surface area (Å²) in [5.74, 6) is -1.20. The Kier molecular flexibility index (Phi) is 8.35. The maximum absolute atomic E-state index is 11.8. The molecule has 1 unspecified atom stereocenters. The third-order valence-electron chi connectivity index (χ3n) is 2.84. The topological polar surface area (TPSA) is 98.7 Å². The minimum absolute atomic E-state index is 0.109. The number of aliphatic carboxylic acids is 1. The Hall–Kier alpha value is -1.79. The van der Waals surface area contributed by atoms with Crippen LogP contribution in [0.1, 0.15) is 40.5 Å². The van der Waals surface area contributed by atoms with Crippen LogP contribution in [0.5, 0.6) is 0 Å². The number of urea groups is 1. The second-order valence-corrected chi connectivity index (χ2v) is 4.97. The summed E-state index contributed by atoms with van der Waals surface area (Å²) in [6, 6.07) is -0.587. The van der Waals surface area contributed by atoms with Crippen LogP contribution in [-0.2, 0) is 9.59 Å². The van der Waals surface area contributed by atoms with E-state index >= 15 is 0 Å². The van der Waals surface area contributed by atoms with E-state index in [1.54, 1.807) is 13.8 Å². The van der Waals surface area contributed by atoms with Crippen LogP contribution in [0.3, 0.4) is 0 Å². The van der Waals surface area contributed by atoms with Gasteiger partial charge >= 0.3 is 12.0 Å². The van der Waals surface area contributed by atoms with Crippen LogP contribution in [0.15, 0.2) is 0 Å². The first-order valence-electron chi connectivity index (χ1n) is 6.83. The monoisotopic (exact) mass is 287 g/mol. The average molecular weight is 287 g/mol. The molecular weight excluding hydrogens is 262 g/mol. The van der Waals surface area contributed by atoms with Gasteiger partial charge in [-0.2, -0.15) is 0 Å². The fourth-order valence-electron chi connectivity index (χ4n) is 1.47. The van der Waals surface area contributed by atoms with Crippen molar-refractivity contribution in [3.63, 3.8) is 0 Å². The van der Waals surface area contributed by atoms with Gasteiger partial charge in [-0.1, -0.05) is 6.92 Å². The first kappa shape index (κ1) is 18.2. The van der Waals surface area contributed by atoms with Crippen molar-refractivity contribution in [1.82, 2.24) is 15.5 Å². The molecule has 0 aromatic carbocycles. The highest BCUT2D eigenvalue weighted by atomic mass is 16.4. The van der Waals surface area contributed by atoms with Gasteiger partial charge in [-0.15, -0.1) is 0 Å². The molecule has 0 spiro atoms. The molecule has 3 amide bonds. The molecule has 0 aliphatic carbocycles. The third kappa shape index (κ3) is 7.60. The molecule has 0 rings (SSSR count). The molecule has 1 atom stereocenters. The largest absolute Gasteiger partial charge is 0.480 e. The summed E-state index contributed by atoms with van der Waals surface area (Å²) in [5, 5.41) is 14.1. The Bertz CT molecular complexity index is 345. The van der Waals surface area contributed by atoms with Crippen LogP contribution in [0, 0.1) is 0 Å². The van der Waals surface area contributed by atoms with Crippen LogP contribution in [0.2, 0.25) is 0 Å². The van der Waals surface area contributed by atoms with Crippen LogP contribution in [0.4, 0.5) is 4.79 Å². The Labute approximate surface area is 119 Å². The normalized spacial score (nSPS) is 11.8. The number of carbonyl (C=O) groups is 3. The molecule has 0 saturated carbocycles. The van der Waals surface area contributed by atoms with Crippen molar-refractivity contribution in [2.75, 3.05) is 13.1 Å². The van der Waals surface area contributed by atoms with Crippen molar-refractivity contribution < 1.29 is 19.5 Å². The van der Waals surface area contributed by atoms with E-state index in [1.807, 2.05) is 13.8 Å². The molecule has 116 valence electrons. The summed E-state index contributed by atoms with van der Waals surface area (Å²) in [4.78, 5) is 35.2. The smallest absolute Gasteiger partial charge is 0.323 e. The maximum atomic E-state index is 11.8. The lowest BCUT2D eigenvalue weighted by Crippen LogP contribution is -2.47. The molecule has 0 aromatic rings. The molecule has 7 nitrogen and oxygen atoms in total. The Morgan fingerprint density at radius 3 is 2.25 bits per heavy atom. The molecule has 0 fully saturated rings. The predicted molar refractivity (Wildman–Crippen MR) is 75.4 cm³/mol. The lowest BCUT2D eigenvalue weighted by molar-refractivity contribution is -0.138. The number of rotatable bonds is 8. The molecule has 0 aliphatic rings. The van der Waals surface area contributed by atoms with Gasteiger partial charge in [0.2, 0.25) is 5.91 Å². The number of hydrogen-bond donors (Lipinski definition) is 3. The summed E-state index contributed by atoms with van der Waals surface area (Å²) in [5.41, 5.74) is 0. The predicted octanol–water partition coefficient (Wildman–Crippen LogP) is 0.796. The van der Waals surface area contributed by atoms with Gasteiger partial charge in [0.05, 0.1) is 0 Å². The maximum Gasteiger partial charge on any atom is 0.323 e. The van der Waals surface area contributed by atoms with Gasteiger partial charge in [-0.05, 0) is 27.2 Å². The third-order valence-corrected chi connectivity index (χ3v) is 2.84. The molecular formula is C13H25N3O4. The molecule has 0 heterocycles. The molecule has 7 heteroatoms. The minimum atomic E-state index is -1.07. The van der Waals surface area contributed by atoms with Crippen molar-refractivity contribution in [1.29, 1.82) is 0 Å². The van der Waals surface area contributed by atoms with Gasteiger partial charge in [-0.3, -0.25) is 9.59 Å². The van der Waals surface area contributed by atoms with E-state index in [0.717, 1.165) is 6.42 Å². The Balaban J connectivity index is 4.13. The highest BCUT2D eigenvalue weighted by Gasteiger charge is 2.19. The SMILES string of the molecule is CCC(C)NC(=O)CCNC(=O)N(CC(=O)O)C(C)C. The van der Waals surface area contributed by atoms with Gasteiger partial charge in [0.1, 0.15) is 6.54 Å². The van der Waals surface area contributed by atoms with E-state index < -0.39 is 12.0 Å². The van der Waals surface area contributed by atoms with Crippen molar-refractivity contribution in [2.45, 2.75) is 52.6 Å². The number of carbonyl (C=O) groups excluding carboxylic acids is 2. The zero-order valence-electron chi connectivity index (χ0n) is 12.6. The molecule has 0 bridgehead atoms. The second-order valence-electron chi connectivity index (χ2n) is 4.97. The number of carboxylic acid groups (broad SMARTS) is 1. The number of nitrogens with one attached hydrogen (secondary N) is 2. The summed E-state index contributed by atoms with van der Waals surface area (Å²) in [6.45, 7) is 7.17. The zero-order chi connectivity index (χ0) is 15.7. The van der Waals surface area contributed by atoms with Gasteiger partial charge in [0.15, 0.2) is 0 Å². The van der Waals surface area contributed by atoms with Gasteiger partial charge in [-0.25, -0.2) is 4.79 Å². The second kappa shape index (κ2) is 9.17. The molecule has 0 aliphatic heterocycles. The fraction of sp³-hybridized carbons (Fsp3) is 0.769. The lowest BCUT2D eigenvalue weighted by atomic mass is 10.2. The average Bonchev–Trinajstić information content (AvgIpc) is 2.34. The first-order chi connectivity index (χ1) is 9.27. The molecule has 0 aromatic heterocycles. The van der Waals surface area contributed by atoms with Crippen LogP contribution in [-0.4, -0.2) is 53.1 Å². The molecule has 20 heavy (non-hydrogen) atoms. The number of nitrogens with zero attached hydrogens (tertiary/aromatic N) is 1. The number of carboxylic acids is 1. The minimum Gasteiger partial charge on any atom is -0.480 e. The van der Waals surface area contributed by atoms with Crippen molar-refractivity contribution in [3.05, 3.63) is 0 Å². The first-order valence-corrected chi connectivity index (χ1v) is 6.83. The summed E-state index contributed by atoms with van der Waals surface area (Å²) < 4.78 is 0. The van der Waals surface area contributed by atoms with Gasteiger partial charge < -0.3 is 20.6 Å². The van der Waals surface area contributed by atoms with Crippen molar-refractivity contribution in [2.24, 2.45) is 0 Å². The van der Waals surface area contributed by atoms with Crippen LogP contribution < -0.4 is 10.6 Å². The van der Waals surface area contributed by atoms with E-state index in [2.05, 4.69) is 10.6 Å². The lowest BCUT2D eigenvalue weighted by Gasteiger charge is -2.25. The van der Waals surface area contributed by atoms with E-state index in [0.29, 0.717) is 0 Å². The zero-order valence-corrected chi connectivity index (χ0v) is 12.6. The Morgan fingerprint density at radius 2 is 1.80 bits per heavy atom. The number of hydrogen-bond acceptors (Lipinski definition) is 3. The standard InChI is InChI=1S/C13H25N3O4/c1-5-10(4)15-11(17)6-7-14-13(20)16(9(2)3)8-12(18)19/h9-10H,5-8H2,1-4H3,(H,14,20)(H,15,17)(H,18,19). The highest BCUT2D eigenvalue weighted by molar-refractivity contribution is 5.81. The highest BCUT2D eigenvalue weighted by Crippen LogP contribution is 1.98. The molecule has 0 saturated heterocycles. The number of amides is 3. The molecule has 3 N–H and O–H groups in total.